The van der Waals surface area contributed by atoms with Gasteiger partial charge in [-0.2, -0.15) is 0 Å². The molecule has 1 atom stereocenters. The highest BCUT2D eigenvalue weighted by molar-refractivity contribution is 7.99. The number of nitrogen functional groups attached to an aromatic ring is 1. The molecule has 0 aliphatic carbocycles. The summed E-state index contributed by atoms with van der Waals surface area (Å²) >= 11 is 1.53. The smallest absolute Gasteiger partial charge is 0.191 e. The van der Waals surface area contributed by atoms with E-state index in [1.165, 1.54) is 17.3 Å². The number of benzene rings is 1. The number of hydrogen-bond acceptors (Lipinski definition) is 7. The molecule has 2 aromatic rings. The quantitative estimate of drug-likeness (QED) is 0.495. The van der Waals surface area contributed by atoms with E-state index >= 15 is 0 Å². The topological polar surface area (TPSA) is 84.1 Å². The van der Waals surface area contributed by atoms with Gasteiger partial charge in [-0.15, -0.1) is 0 Å². The van der Waals surface area contributed by atoms with Crippen LogP contribution in [0.2, 0.25) is 0 Å². The van der Waals surface area contributed by atoms with Crippen LogP contribution in [0.1, 0.15) is 18.1 Å². The second-order valence-electron chi connectivity index (χ2n) is 5.36. The number of nitrogens with zero attached hydrogens (tertiary/aromatic N) is 3. The molecule has 3 N–H and O–H groups in total. The SMILES string of the molecule is CCSc1nc(N)c2c(n1)N(Cc1ccc(C)cc1)C(C=O)N2. The molecule has 1 aromatic heterocycles. The molecule has 2 heterocycles. The lowest BCUT2D eigenvalue weighted by Crippen LogP contribution is -2.36. The van der Waals surface area contributed by atoms with Crippen LogP contribution in [0.3, 0.4) is 0 Å². The van der Waals surface area contributed by atoms with Crippen molar-refractivity contribution in [2.45, 2.75) is 31.7 Å². The number of aldehydes is 1. The zero-order valence-electron chi connectivity index (χ0n) is 13.1. The molecule has 0 amide bonds. The van der Waals surface area contributed by atoms with Gasteiger partial charge in [0.1, 0.15) is 5.69 Å². The fraction of sp³-hybridized carbons (Fsp3) is 0.312. The van der Waals surface area contributed by atoms with E-state index in [4.69, 9.17) is 5.73 Å². The molecule has 120 valence electrons. The molecule has 1 aliphatic rings. The fourth-order valence-corrected chi connectivity index (χ4v) is 3.09. The van der Waals surface area contributed by atoms with Crippen LogP contribution in [-0.4, -0.2) is 28.2 Å². The normalized spacial score (nSPS) is 16.1. The third-order valence-corrected chi connectivity index (χ3v) is 4.40. The second kappa shape index (κ2) is 6.45. The van der Waals surface area contributed by atoms with Gasteiger partial charge in [0, 0.05) is 6.54 Å². The van der Waals surface area contributed by atoms with Crippen LogP contribution in [0.5, 0.6) is 0 Å². The maximum atomic E-state index is 11.5. The van der Waals surface area contributed by atoms with Gasteiger partial charge in [-0.05, 0) is 18.2 Å². The molecule has 3 rings (SSSR count). The minimum Gasteiger partial charge on any atom is -0.382 e. The predicted octanol–water partition coefficient (Wildman–Crippen LogP) is 2.44. The Morgan fingerprint density at radius 3 is 2.74 bits per heavy atom. The highest BCUT2D eigenvalue weighted by Gasteiger charge is 2.32. The van der Waals surface area contributed by atoms with Crippen molar-refractivity contribution in [3.8, 4) is 0 Å². The number of thioether (sulfide) groups is 1. The molecule has 0 saturated carbocycles. The van der Waals surface area contributed by atoms with Crippen molar-refractivity contribution in [1.29, 1.82) is 0 Å². The molecular formula is C16H19N5OS. The third kappa shape index (κ3) is 3.10. The van der Waals surface area contributed by atoms with Gasteiger partial charge in [0.25, 0.3) is 0 Å². The van der Waals surface area contributed by atoms with Crippen molar-refractivity contribution in [1.82, 2.24) is 9.97 Å². The number of nitrogens with two attached hydrogens (primary N) is 1. The van der Waals surface area contributed by atoms with Crippen LogP contribution in [-0.2, 0) is 11.3 Å². The van der Waals surface area contributed by atoms with E-state index in [0.717, 1.165) is 17.6 Å². The molecule has 0 bridgehead atoms. The van der Waals surface area contributed by atoms with Crippen LogP contribution in [0, 0.1) is 6.92 Å². The Kier molecular flexibility index (Phi) is 4.38. The van der Waals surface area contributed by atoms with Gasteiger partial charge in [0.05, 0.1) is 0 Å². The average Bonchev–Trinajstić information content (AvgIpc) is 2.88. The van der Waals surface area contributed by atoms with Gasteiger partial charge in [-0.25, -0.2) is 9.97 Å². The third-order valence-electron chi connectivity index (χ3n) is 3.67. The molecule has 7 heteroatoms. The highest BCUT2D eigenvalue weighted by atomic mass is 32.2. The van der Waals surface area contributed by atoms with Gasteiger partial charge in [0.15, 0.2) is 29.2 Å². The van der Waals surface area contributed by atoms with Crippen LogP contribution in [0.25, 0.3) is 0 Å². The molecule has 0 spiro atoms. The molecule has 6 nitrogen and oxygen atoms in total. The summed E-state index contributed by atoms with van der Waals surface area (Å²) in [5, 5.41) is 3.73. The zero-order chi connectivity index (χ0) is 16.4. The van der Waals surface area contributed by atoms with Gasteiger partial charge < -0.3 is 16.0 Å². The van der Waals surface area contributed by atoms with Crippen molar-refractivity contribution in [3.05, 3.63) is 35.4 Å². The lowest BCUT2D eigenvalue weighted by molar-refractivity contribution is -0.108. The van der Waals surface area contributed by atoms with Crippen LogP contribution < -0.4 is 16.0 Å². The molecular weight excluding hydrogens is 310 g/mol. The monoisotopic (exact) mass is 329 g/mol. The molecule has 1 unspecified atom stereocenters. The number of fused-ring (bicyclic) bond motifs is 1. The first-order valence-corrected chi connectivity index (χ1v) is 8.45. The summed E-state index contributed by atoms with van der Waals surface area (Å²) in [6, 6.07) is 8.23. The Morgan fingerprint density at radius 1 is 1.35 bits per heavy atom. The highest BCUT2D eigenvalue weighted by Crippen LogP contribution is 2.38. The van der Waals surface area contributed by atoms with Crippen LogP contribution >= 0.6 is 11.8 Å². The number of hydrogen-bond donors (Lipinski definition) is 2. The van der Waals surface area contributed by atoms with E-state index in [2.05, 4.69) is 39.6 Å². The largest absolute Gasteiger partial charge is 0.382 e. The number of rotatable bonds is 5. The zero-order valence-corrected chi connectivity index (χ0v) is 13.9. The minimum absolute atomic E-state index is 0.379. The van der Waals surface area contributed by atoms with E-state index in [0.29, 0.717) is 29.0 Å². The molecule has 0 radical (unpaired) electrons. The Bertz CT molecular complexity index is 719. The van der Waals surface area contributed by atoms with E-state index in [1.54, 1.807) is 0 Å². The van der Waals surface area contributed by atoms with Gasteiger partial charge in [-0.3, -0.25) is 4.79 Å². The summed E-state index contributed by atoms with van der Waals surface area (Å²) in [6.07, 6.45) is 0.381. The Morgan fingerprint density at radius 2 is 2.09 bits per heavy atom. The standard InChI is InChI=1S/C16H19N5OS/c1-3-23-16-19-14(17)13-15(20-16)21(12(9-22)18-13)8-11-6-4-10(2)5-7-11/h4-7,9,12,18H,3,8H2,1-2H3,(H2,17,19,20). The average molecular weight is 329 g/mol. The van der Waals surface area contributed by atoms with Crippen molar-refractivity contribution in [2.75, 3.05) is 21.7 Å². The predicted molar refractivity (Wildman–Crippen MR) is 93.7 cm³/mol. The van der Waals surface area contributed by atoms with Gasteiger partial charge in [0.2, 0.25) is 0 Å². The van der Waals surface area contributed by atoms with Gasteiger partial charge >= 0.3 is 0 Å². The van der Waals surface area contributed by atoms with E-state index in [1.807, 2.05) is 18.7 Å². The molecule has 0 fully saturated rings. The summed E-state index contributed by atoms with van der Waals surface area (Å²) in [5.41, 5.74) is 8.97. The number of carbonyl (C=O) groups excluding carboxylic acids is 1. The Hall–Kier alpha value is -2.28. The second-order valence-corrected chi connectivity index (χ2v) is 6.59. The minimum atomic E-state index is -0.482. The maximum Gasteiger partial charge on any atom is 0.191 e. The first-order chi connectivity index (χ1) is 11.1. The maximum absolute atomic E-state index is 11.5. The van der Waals surface area contributed by atoms with E-state index < -0.39 is 6.17 Å². The summed E-state index contributed by atoms with van der Waals surface area (Å²) in [4.78, 5) is 22.2. The molecule has 0 saturated heterocycles. The summed E-state index contributed by atoms with van der Waals surface area (Å²) in [5.74, 6) is 1.93. The van der Waals surface area contributed by atoms with Crippen molar-refractivity contribution in [2.24, 2.45) is 0 Å². The number of anilines is 3. The number of carbonyl (C=O) groups is 1. The molecule has 1 aliphatic heterocycles. The van der Waals surface area contributed by atoms with Crippen molar-refractivity contribution >= 4 is 35.4 Å². The Labute approximate surface area is 139 Å². The number of aromatic nitrogens is 2. The van der Waals surface area contributed by atoms with Crippen molar-refractivity contribution < 1.29 is 4.79 Å². The van der Waals surface area contributed by atoms with Gasteiger partial charge in [-0.1, -0.05) is 48.5 Å². The lowest BCUT2D eigenvalue weighted by Gasteiger charge is -2.22. The molecule has 1 aromatic carbocycles. The van der Waals surface area contributed by atoms with Crippen LogP contribution in [0.4, 0.5) is 17.3 Å². The summed E-state index contributed by atoms with van der Waals surface area (Å²) < 4.78 is 0. The van der Waals surface area contributed by atoms with E-state index in [-0.39, 0.29) is 0 Å². The Balaban J connectivity index is 1.96. The summed E-state index contributed by atoms with van der Waals surface area (Å²) in [6.45, 7) is 4.66. The van der Waals surface area contributed by atoms with Crippen LogP contribution in [0.15, 0.2) is 29.4 Å². The lowest BCUT2D eigenvalue weighted by atomic mass is 10.1. The fourth-order valence-electron chi connectivity index (χ4n) is 2.51. The first-order valence-electron chi connectivity index (χ1n) is 7.46. The first kappa shape index (κ1) is 15.6. The molecule has 23 heavy (non-hydrogen) atoms. The van der Waals surface area contributed by atoms with Crippen molar-refractivity contribution in [3.63, 3.8) is 0 Å². The number of aryl methyl sites for hydroxylation is 1. The summed E-state index contributed by atoms with van der Waals surface area (Å²) in [7, 11) is 0. The number of nitrogens with one attached hydrogen (secondary N) is 1. The van der Waals surface area contributed by atoms with E-state index in [9.17, 15) is 4.79 Å².